The fourth-order valence-electron chi connectivity index (χ4n) is 1.18. The van der Waals surface area contributed by atoms with Crippen LogP contribution in [-0.4, -0.2) is 8.92 Å². The first-order valence-electron chi connectivity index (χ1n) is 4.87. The predicted octanol–water partition coefficient (Wildman–Crippen LogP) is 3.63. The fraction of sp³-hybridized carbons (Fsp3) is 0.333. The summed E-state index contributed by atoms with van der Waals surface area (Å²) in [4.78, 5) is 0.796. The van der Waals surface area contributed by atoms with E-state index in [0.717, 1.165) is 16.9 Å². The summed E-state index contributed by atoms with van der Waals surface area (Å²) in [5.74, 6) is 0. The first-order chi connectivity index (χ1) is 7.15. The minimum atomic E-state index is -1.12. The molecule has 0 saturated heterocycles. The SMILES string of the molecule is C=CCCC(Cl)[S@](=O)c1ccc(C)cc1. The monoisotopic (exact) mass is 242 g/mol. The first-order valence-corrected chi connectivity index (χ1v) is 6.52. The maximum Gasteiger partial charge on any atom is 0.114 e. The first kappa shape index (κ1) is 12.5. The van der Waals surface area contributed by atoms with Gasteiger partial charge in [-0.1, -0.05) is 23.8 Å². The van der Waals surface area contributed by atoms with Crippen LogP contribution >= 0.6 is 11.6 Å². The second-order valence-electron chi connectivity index (χ2n) is 3.39. The molecular formula is C12H15ClOS. The molecule has 0 heterocycles. The van der Waals surface area contributed by atoms with Gasteiger partial charge in [0, 0.05) is 4.90 Å². The number of halogens is 1. The van der Waals surface area contributed by atoms with Gasteiger partial charge < -0.3 is 0 Å². The van der Waals surface area contributed by atoms with Crippen molar-refractivity contribution in [1.82, 2.24) is 0 Å². The van der Waals surface area contributed by atoms with Gasteiger partial charge in [0.1, 0.15) is 4.71 Å². The van der Waals surface area contributed by atoms with Gasteiger partial charge in [-0.2, -0.15) is 0 Å². The molecule has 3 heteroatoms. The Bertz CT molecular complexity index is 345. The van der Waals surface area contributed by atoms with Crippen LogP contribution < -0.4 is 0 Å². The smallest absolute Gasteiger partial charge is 0.114 e. The van der Waals surface area contributed by atoms with Crippen LogP contribution in [0, 0.1) is 6.92 Å². The molecule has 2 atom stereocenters. The lowest BCUT2D eigenvalue weighted by Crippen LogP contribution is -2.07. The molecule has 0 amide bonds. The molecule has 15 heavy (non-hydrogen) atoms. The van der Waals surface area contributed by atoms with Crippen LogP contribution in [0.3, 0.4) is 0 Å². The van der Waals surface area contributed by atoms with E-state index < -0.39 is 10.8 Å². The zero-order valence-corrected chi connectivity index (χ0v) is 10.4. The highest BCUT2D eigenvalue weighted by atomic mass is 35.5. The summed E-state index contributed by atoms with van der Waals surface area (Å²) in [6, 6.07) is 7.64. The molecule has 1 rings (SSSR count). The summed E-state index contributed by atoms with van der Waals surface area (Å²) < 4.78 is 11.6. The van der Waals surface area contributed by atoms with Crippen LogP contribution in [0.15, 0.2) is 41.8 Å². The summed E-state index contributed by atoms with van der Waals surface area (Å²) in [7, 11) is -1.12. The summed E-state index contributed by atoms with van der Waals surface area (Å²) >= 11 is 6.04. The molecule has 0 bridgehead atoms. The Hall–Kier alpha value is -0.600. The van der Waals surface area contributed by atoms with Crippen molar-refractivity contribution in [3.63, 3.8) is 0 Å². The molecule has 0 fully saturated rings. The van der Waals surface area contributed by atoms with Gasteiger partial charge in [-0.25, -0.2) is 0 Å². The van der Waals surface area contributed by atoms with Gasteiger partial charge in [0.15, 0.2) is 0 Å². The molecule has 0 aliphatic heterocycles. The zero-order chi connectivity index (χ0) is 11.3. The van der Waals surface area contributed by atoms with E-state index in [2.05, 4.69) is 6.58 Å². The minimum Gasteiger partial charge on any atom is -0.253 e. The summed E-state index contributed by atoms with van der Waals surface area (Å²) in [6.07, 6.45) is 3.29. The molecule has 1 aromatic rings. The van der Waals surface area contributed by atoms with Crippen LogP contribution in [-0.2, 0) is 10.8 Å². The lowest BCUT2D eigenvalue weighted by atomic mass is 10.2. The standard InChI is InChI=1S/C12H15ClOS/c1-3-4-5-12(13)15(14)11-8-6-10(2)7-9-11/h3,6-9,12H,1,4-5H2,2H3/t12?,15-/m1/s1. The van der Waals surface area contributed by atoms with Crippen molar-refractivity contribution in [2.45, 2.75) is 29.4 Å². The highest BCUT2D eigenvalue weighted by Gasteiger charge is 2.14. The average Bonchev–Trinajstić information content (AvgIpc) is 2.26. The highest BCUT2D eigenvalue weighted by molar-refractivity contribution is 7.87. The molecule has 0 aromatic heterocycles. The number of aryl methyl sites for hydroxylation is 1. The minimum absolute atomic E-state index is 0.328. The largest absolute Gasteiger partial charge is 0.253 e. The number of allylic oxidation sites excluding steroid dienone is 1. The Morgan fingerprint density at radius 2 is 2.07 bits per heavy atom. The zero-order valence-electron chi connectivity index (χ0n) is 8.78. The van der Waals surface area contributed by atoms with Crippen LogP contribution in [0.25, 0.3) is 0 Å². The predicted molar refractivity (Wildman–Crippen MR) is 66.7 cm³/mol. The van der Waals surface area contributed by atoms with E-state index in [4.69, 9.17) is 11.6 Å². The second kappa shape index (κ2) is 6.09. The summed E-state index contributed by atoms with van der Waals surface area (Å²) in [5, 5.41) is 0. The van der Waals surface area contributed by atoms with Crippen molar-refractivity contribution in [1.29, 1.82) is 0 Å². The third-order valence-electron chi connectivity index (χ3n) is 2.08. The maximum absolute atomic E-state index is 11.9. The van der Waals surface area contributed by atoms with E-state index >= 15 is 0 Å². The van der Waals surface area contributed by atoms with E-state index in [1.807, 2.05) is 31.2 Å². The molecule has 0 radical (unpaired) electrons. The molecule has 0 aliphatic rings. The van der Waals surface area contributed by atoms with Gasteiger partial charge in [-0.05, 0) is 31.9 Å². The average molecular weight is 243 g/mol. The second-order valence-corrected chi connectivity index (χ2v) is 5.81. The Morgan fingerprint density at radius 3 is 2.60 bits per heavy atom. The highest BCUT2D eigenvalue weighted by Crippen LogP contribution is 2.18. The van der Waals surface area contributed by atoms with E-state index in [9.17, 15) is 4.21 Å². The lowest BCUT2D eigenvalue weighted by molar-refractivity contribution is 0.677. The van der Waals surface area contributed by atoms with Gasteiger partial charge >= 0.3 is 0 Å². The number of rotatable bonds is 5. The molecule has 1 nitrogen and oxygen atoms in total. The van der Waals surface area contributed by atoms with Gasteiger partial charge in [0.25, 0.3) is 0 Å². The van der Waals surface area contributed by atoms with Crippen molar-refractivity contribution in [3.05, 3.63) is 42.5 Å². The summed E-state index contributed by atoms with van der Waals surface area (Å²) in [6.45, 7) is 5.62. The van der Waals surface area contributed by atoms with Crippen molar-refractivity contribution in [2.24, 2.45) is 0 Å². The molecule has 1 aromatic carbocycles. The van der Waals surface area contributed by atoms with Gasteiger partial charge in [-0.3, -0.25) is 4.21 Å². The van der Waals surface area contributed by atoms with Crippen molar-refractivity contribution >= 4 is 22.4 Å². The Morgan fingerprint density at radius 1 is 1.47 bits per heavy atom. The van der Waals surface area contributed by atoms with E-state index in [0.29, 0.717) is 6.42 Å². The normalized spacial score (nSPS) is 14.5. The molecule has 0 saturated carbocycles. The van der Waals surface area contributed by atoms with Crippen molar-refractivity contribution in [3.8, 4) is 0 Å². The van der Waals surface area contributed by atoms with Crippen molar-refractivity contribution < 1.29 is 4.21 Å². The lowest BCUT2D eigenvalue weighted by Gasteiger charge is -2.08. The fourth-order valence-corrected chi connectivity index (χ4v) is 2.66. The number of benzene rings is 1. The van der Waals surface area contributed by atoms with Crippen LogP contribution in [0.5, 0.6) is 0 Å². The Labute approximate surface area is 98.6 Å². The van der Waals surface area contributed by atoms with Crippen LogP contribution in [0.4, 0.5) is 0 Å². The van der Waals surface area contributed by atoms with Gasteiger partial charge in [-0.15, -0.1) is 18.2 Å². The molecule has 0 N–H and O–H groups in total. The number of hydrogen-bond donors (Lipinski definition) is 0. The molecule has 1 unspecified atom stereocenters. The van der Waals surface area contributed by atoms with E-state index in [1.165, 1.54) is 0 Å². The van der Waals surface area contributed by atoms with Gasteiger partial charge in [0.05, 0.1) is 10.8 Å². The Balaban J connectivity index is 2.67. The van der Waals surface area contributed by atoms with Crippen LogP contribution in [0.2, 0.25) is 0 Å². The molecule has 0 spiro atoms. The van der Waals surface area contributed by atoms with Crippen LogP contribution in [0.1, 0.15) is 18.4 Å². The molecule has 82 valence electrons. The third kappa shape index (κ3) is 3.80. The van der Waals surface area contributed by atoms with Crippen molar-refractivity contribution in [2.75, 3.05) is 0 Å². The molecule has 0 aliphatic carbocycles. The van der Waals surface area contributed by atoms with Gasteiger partial charge in [0.2, 0.25) is 0 Å². The van der Waals surface area contributed by atoms with E-state index in [-0.39, 0.29) is 4.71 Å². The summed E-state index contributed by atoms with van der Waals surface area (Å²) in [5.41, 5.74) is 1.16. The quantitative estimate of drug-likeness (QED) is 0.569. The topological polar surface area (TPSA) is 17.1 Å². The molecular weight excluding hydrogens is 228 g/mol. The maximum atomic E-state index is 11.9. The Kier molecular flexibility index (Phi) is 5.06. The number of alkyl halides is 1. The third-order valence-corrected chi connectivity index (χ3v) is 4.22. The number of hydrogen-bond acceptors (Lipinski definition) is 1. The van der Waals surface area contributed by atoms with E-state index in [1.54, 1.807) is 6.08 Å².